The highest BCUT2D eigenvalue weighted by Gasteiger charge is 1.98. The van der Waals surface area contributed by atoms with Crippen LogP contribution in [0.3, 0.4) is 0 Å². The number of nitrogens with zero attached hydrogens (tertiary/aromatic N) is 2. The minimum absolute atomic E-state index is 0.228. The average Bonchev–Trinajstić information content (AvgIpc) is 2.61. The van der Waals surface area contributed by atoms with Gasteiger partial charge in [0, 0.05) is 12.4 Å². The van der Waals surface area contributed by atoms with Crippen LogP contribution in [0.4, 0.5) is 11.4 Å². The number of rotatable bonds is 4. The Kier molecular flexibility index (Phi) is 4.68. The minimum atomic E-state index is 0.228. The van der Waals surface area contributed by atoms with Crippen LogP contribution in [-0.2, 0) is 0 Å². The topological polar surface area (TPSA) is 65.2 Å². The Labute approximate surface area is 140 Å². The van der Waals surface area contributed by atoms with Crippen molar-refractivity contribution >= 4 is 23.8 Å². The Morgan fingerprint density at radius 2 is 0.917 bits per heavy atom. The summed E-state index contributed by atoms with van der Waals surface area (Å²) in [6.07, 6.45) is 3.46. The molecule has 2 N–H and O–H groups in total. The highest BCUT2D eigenvalue weighted by Crippen LogP contribution is 2.27. The molecule has 24 heavy (non-hydrogen) atoms. The average molecular weight is 316 g/mol. The molecule has 0 fully saturated rings. The van der Waals surface area contributed by atoms with Crippen LogP contribution in [0.25, 0.3) is 0 Å². The summed E-state index contributed by atoms with van der Waals surface area (Å²) < 4.78 is 0. The molecule has 118 valence electrons. The first kappa shape index (κ1) is 15.5. The Morgan fingerprint density at radius 1 is 0.542 bits per heavy atom. The van der Waals surface area contributed by atoms with Crippen LogP contribution < -0.4 is 0 Å². The summed E-state index contributed by atoms with van der Waals surface area (Å²) in [7, 11) is 0. The van der Waals surface area contributed by atoms with Crippen molar-refractivity contribution in [1.29, 1.82) is 0 Å². The Bertz CT molecular complexity index is 792. The predicted molar refractivity (Wildman–Crippen MR) is 97.2 cm³/mol. The summed E-state index contributed by atoms with van der Waals surface area (Å²) in [4.78, 5) is 8.94. The third kappa shape index (κ3) is 4.08. The molecule has 0 heterocycles. The fourth-order valence-electron chi connectivity index (χ4n) is 2.09. The molecule has 3 aromatic rings. The van der Waals surface area contributed by atoms with Gasteiger partial charge >= 0.3 is 0 Å². The fourth-order valence-corrected chi connectivity index (χ4v) is 2.09. The maximum absolute atomic E-state index is 9.30. The van der Waals surface area contributed by atoms with E-state index in [-0.39, 0.29) is 11.5 Å². The number of hydrogen-bond acceptors (Lipinski definition) is 4. The molecule has 0 aliphatic heterocycles. The van der Waals surface area contributed by atoms with Gasteiger partial charge in [-0.25, -0.2) is 0 Å². The molecule has 4 nitrogen and oxygen atoms in total. The largest absolute Gasteiger partial charge is 0.508 e. The third-order valence-electron chi connectivity index (χ3n) is 3.37. The van der Waals surface area contributed by atoms with Crippen molar-refractivity contribution in [3.05, 3.63) is 83.9 Å². The van der Waals surface area contributed by atoms with Gasteiger partial charge in [-0.15, -0.1) is 0 Å². The molecule has 0 saturated carbocycles. The summed E-state index contributed by atoms with van der Waals surface area (Å²) in [5.74, 6) is 0.456. The maximum Gasteiger partial charge on any atom is 0.115 e. The van der Waals surface area contributed by atoms with E-state index in [0.717, 1.165) is 22.5 Å². The molecule has 0 aromatic heterocycles. The van der Waals surface area contributed by atoms with Crippen LogP contribution in [0.2, 0.25) is 0 Å². The second kappa shape index (κ2) is 7.24. The first-order chi connectivity index (χ1) is 11.7. The normalized spacial score (nSPS) is 11.3. The number of aliphatic imine (C=N–C) groups is 2. The van der Waals surface area contributed by atoms with Gasteiger partial charge < -0.3 is 10.2 Å². The van der Waals surface area contributed by atoms with E-state index in [4.69, 9.17) is 0 Å². The molecule has 4 heteroatoms. The standard InChI is InChI=1S/C20H16N2O2/c23-17-9-5-15(6-10-17)13-21-19-3-1-2-4-20(19)22-14-16-7-11-18(24)12-8-16/h1-14,23-24H. The number of aromatic hydroxyl groups is 2. The molecule has 0 amide bonds. The SMILES string of the molecule is Oc1ccc(C=Nc2ccccc2N=Cc2ccc(O)cc2)cc1. The van der Waals surface area contributed by atoms with Crippen LogP contribution in [0.15, 0.2) is 82.8 Å². The Hall–Kier alpha value is -3.40. The van der Waals surface area contributed by atoms with Crippen molar-refractivity contribution in [2.24, 2.45) is 9.98 Å². The molecule has 0 atom stereocenters. The van der Waals surface area contributed by atoms with E-state index in [1.165, 1.54) is 0 Å². The zero-order valence-electron chi connectivity index (χ0n) is 12.9. The quantitative estimate of drug-likeness (QED) is 0.691. The molecule has 0 saturated heterocycles. The zero-order chi connectivity index (χ0) is 16.8. The van der Waals surface area contributed by atoms with Crippen LogP contribution in [0, 0.1) is 0 Å². The van der Waals surface area contributed by atoms with Crippen molar-refractivity contribution in [3.63, 3.8) is 0 Å². The van der Waals surface area contributed by atoms with Gasteiger partial charge in [-0.05, 0) is 71.8 Å². The second-order valence-electron chi connectivity index (χ2n) is 5.19. The second-order valence-corrected chi connectivity index (χ2v) is 5.19. The Morgan fingerprint density at radius 3 is 1.29 bits per heavy atom. The molecule has 0 aliphatic rings. The summed E-state index contributed by atoms with van der Waals surface area (Å²) in [5, 5.41) is 18.6. The first-order valence-electron chi connectivity index (χ1n) is 7.46. The van der Waals surface area contributed by atoms with Crippen molar-refractivity contribution in [1.82, 2.24) is 0 Å². The van der Waals surface area contributed by atoms with Gasteiger partial charge in [0.05, 0.1) is 11.4 Å². The van der Waals surface area contributed by atoms with Gasteiger partial charge in [0.1, 0.15) is 11.5 Å². The van der Waals surface area contributed by atoms with Gasteiger partial charge in [0.2, 0.25) is 0 Å². The van der Waals surface area contributed by atoms with E-state index in [1.54, 1.807) is 61.0 Å². The van der Waals surface area contributed by atoms with Crippen molar-refractivity contribution in [2.45, 2.75) is 0 Å². The first-order valence-corrected chi connectivity index (χ1v) is 7.46. The van der Waals surface area contributed by atoms with E-state index >= 15 is 0 Å². The number of hydrogen-bond donors (Lipinski definition) is 2. The Balaban J connectivity index is 1.82. The van der Waals surface area contributed by atoms with E-state index in [9.17, 15) is 10.2 Å². The van der Waals surface area contributed by atoms with Gasteiger partial charge in [0.25, 0.3) is 0 Å². The lowest BCUT2D eigenvalue weighted by atomic mass is 10.2. The summed E-state index contributed by atoms with van der Waals surface area (Å²) in [6.45, 7) is 0. The lowest BCUT2D eigenvalue weighted by Crippen LogP contribution is -1.81. The molecular formula is C20H16N2O2. The smallest absolute Gasteiger partial charge is 0.115 e. The van der Waals surface area contributed by atoms with E-state index in [2.05, 4.69) is 9.98 Å². The molecule has 0 radical (unpaired) electrons. The van der Waals surface area contributed by atoms with Crippen molar-refractivity contribution in [2.75, 3.05) is 0 Å². The molecule has 0 bridgehead atoms. The van der Waals surface area contributed by atoms with Crippen LogP contribution in [0.5, 0.6) is 11.5 Å². The zero-order valence-corrected chi connectivity index (χ0v) is 12.9. The monoisotopic (exact) mass is 316 g/mol. The molecule has 3 rings (SSSR count). The highest BCUT2D eigenvalue weighted by molar-refractivity contribution is 5.86. The van der Waals surface area contributed by atoms with E-state index < -0.39 is 0 Å². The number of phenols is 2. The summed E-state index contributed by atoms with van der Waals surface area (Å²) in [6, 6.07) is 21.2. The van der Waals surface area contributed by atoms with Crippen molar-refractivity contribution in [3.8, 4) is 11.5 Å². The minimum Gasteiger partial charge on any atom is -0.508 e. The van der Waals surface area contributed by atoms with E-state index in [1.807, 2.05) is 24.3 Å². The molecule has 0 aliphatic carbocycles. The van der Waals surface area contributed by atoms with Crippen LogP contribution >= 0.6 is 0 Å². The molecule has 3 aromatic carbocycles. The molecular weight excluding hydrogens is 300 g/mol. The third-order valence-corrected chi connectivity index (χ3v) is 3.37. The number of para-hydroxylation sites is 2. The van der Waals surface area contributed by atoms with Gasteiger partial charge in [-0.2, -0.15) is 0 Å². The van der Waals surface area contributed by atoms with Gasteiger partial charge in [-0.3, -0.25) is 9.98 Å². The number of benzene rings is 3. The van der Waals surface area contributed by atoms with Crippen LogP contribution in [-0.4, -0.2) is 22.6 Å². The van der Waals surface area contributed by atoms with E-state index in [0.29, 0.717) is 0 Å². The summed E-state index contributed by atoms with van der Waals surface area (Å²) in [5.41, 5.74) is 3.29. The van der Waals surface area contributed by atoms with Gasteiger partial charge in [-0.1, -0.05) is 12.1 Å². The highest BCUT2D eigenvalue weighted by atomic mass is 16.3. The number of phenolic OH excluding ortho intramolecular Hbond substituents is 2. The van der Waals surface area contributed by atoms with Gasteiger partial charge in [0.15, 0.2) is 0 Å². The maximum atomic E-state index is 9.30. The van der Waals surface area contributed by atoms with Crippen molar-refractivity contribution < 1.29 is 10.2 Å². The molecule has 0 spiro atoms. The predicted octanol–water partition coefficient (Wildman–Crippen LogP) is 4.60. The lowest BCUT2D eigenvalue weighted by Gasteiger charge is -2.00. The summed E-state index contributed by atoms with van der Waals surface area (Å²) >= 11 is 0. The lowest BCUT2D eigenvalue weighted by molar-refractivity contribution is 0.475. The fraction of sp³-hybridized carbons (Fsp3) is 0. The van der Waals surface area contributed by atoms with Crippen LogP contribution in [0.1, 0.15) is 11.1 Å². The molecule has 0 unspecified atom stereocenters.